The van der Waals surface area contributed by atoms with E-state index in [0.717, 1.165) is 17.5 Å². The summed E-state index contributed by atoms with van der Waals surface area (Å²) in [4.78, 5) is 8.56. The molecule has 0 saturated carbocycles. The molecule has 0 amide bonds. The Labute approximate surface area is 116 Å². The van der Waals surface area contributed by atoms with E-state index in [4.69, 9.17) is 10.5 Å². The van der Waals surface area contributed by atoms with Crippen LogP contribution in [0.25, 0.3) is 11.4 Å². The Morgan fingerprint density at radius 3 is 2.75 bits per heavy atom. The lowest BCUT2D eigenvalue weighted by Gasteiger charge is -2.07. The minimum Gasteiger partial charge on any atom is -0.485 e. The third kappa shape index (κ3) is 2.25. The summed E-state index contributed by atoms with van der Waals surface area (Å²) in [5, 5.41) is 0. The first kappa shape index (κ1) is 13.0. The summed E-state index contributed by atoms with van der Waals surface area (Å²) in [6, 6.07) is 3.30. The van der Waals surface area contributed by atoms with E-state index in [1.165, 1.54) is 6.07 Å². The molecular formula is C15H16FN3O. The van der Waals surface area contributed by atoms with E-state index in [1.807, 2.05) is 13.0 Å². The first-order chi connectivity index (χ1) is 9.71. The molecule has 0 radical (unpaired) electrons. The number of nitrogens with zero attached hydrogens (tertiary/aromatic N) is 2. The lowest BCUT2D eigenvalue weighted by atomic mass is 10.1. The van der Waals surface area contributed by atoms with Crippen LogP contribution in [0.4, 0.5) is 4.39 Å². The molecule has 2 heterocycles. The molecule has 5 heteroatoms. The second kappa shape index (κ2) is 5.17. The fourth-order valence-corrected chi connectivity index (χ4v) is 2.33. The van der Waals surface area contributed by atoms with Gasteiger partial charge in [-0.2, -0.15) is 0 Å². The van der Waals surface area contributed by atoms with Crippen LogP contribution < -0.4 is 10.5 Å². The summed E-state index contributed by atoms with van der Waals surface area (Å²) in [6.07, 6.45) is 4.91. The highest BCUT2D eigenvalue weighted by atomic mass is 19.1. The zero-order chi connectivity index (χ0) is 14.1. The molecule has 1 aromatic heterocycles. The quantitative estimate of drug-likeness (QED) is 0.930. The van der Waals surface area contributed by atoms with Crippen molar-refractivity contribution >= 4 is 0 Å². The van der Waals surface area contributed by atoms with Crippen LogP contribution in [0.5, 0.6) is 5.75 Å². The average Bonchev–Trinajstić information content (AvgIpc) is 2.91. The SMILES string of the molecule is CCc1cnc(-c2cc(F)c3c(c2)C[C@@H](CN)O3)nc1. The number of halogens is 1. The van der Waals surface area contributed by atoms with Crippen LogP contribution >= 0.6 is 0 Å². The van der Waals surface area contributed by atoms with E-state index >= 15 is 0 Å². The van der Waals surface area contributed by atoms with Crippen molar-refractivity contribution in [3.05, 3.63) is 41.5 Å². The Hall–Kier alpha value is -2.01. The summed E-state index contributed by atoms with van der Waals surface area (Å²) >= 11 is 0. The minimum atomic E-state index is -0.378. The summed E-state index contributed by atoms with van der Waals surface area (Å²) in [5.74, 6) is 0.464. The number of aromatic nitrogens is 2. The number of rotatable bonds is 3. The fourth-order valence-electron chi connectivity index (χ4n) is 2.33. The zero-order valence-corrected chi connectivity index (χ0v) is 11.3. The number of benzene rings is 1. The van der Waals surface area contributed by atoms with Crippen molar-refractivity contribution < 1.29 is 9.13 Å². The zero-order valence-electron chi connectivity index (χ0n) is 11.3. The normalized spacial score (nSPS) is 16.9. The Balaban J connectivity index is 1.97. The lowest BCUT2D eigenvalue weighted by molar-refractivity contribution is 0.232. The van der Waals surface area contributed by atoms with Crippen molar-refractivity contribution in [2.45, 2.75) is 25.9 Å². The lowest BCUT2D eigenvalue weighted by Crippen LogP contribution is -2.24. The molecule has 104 valence electrons. The molecule has 0 spiro atoms. The molecule has 2 N–H and O–H groups in total. The maximum absolute atomic E-state index is 14.1. The molecular weight excluding hydrogens is 257 g/mol. The fraction of sp³-hybridized carbons (Fsp3) is 0.333. The van der Waals surface area contributed by atoms with Crippen molar-refractivity contribution in [2.24, 2.45) is 5.73 Å². The van der Waals surface area contributed by atoms with Crippen molar-refractivity contribution in [3.63, 3.8) is 0 Å². The van der Waals surface area contributed by atoms with Crippen LogP contribution in [0.15, 0.2) is 24.5 Å². The van der Waals surface area contributed by atoms with Gasteiger partial charge in [0.15, 0.2) is 17.4 Å². The van der Waals surface area contributed by atoms with Crippen molar-refractivity contribution in [1.82, 2.24) is 9.97 Å². The van der Waals surface area contributed by atoms with E-state index in [9.17, 15) is 4.39 Å². The molecule has 2 aromatic rings. The van der Waals surface area contributed by atoms with Gasteiger partial charge < -0.3 is 10.5 Å². The first-order valence-corrected chi connectivity index (χ1v) is 6.71. The standard InChI is InChI=1S/C15H16FN3O/c1-2-9-7-18-15(19-8-9)11-3-10-4-12(6-17)20-14(10)13(16)5-11/h3,5,7-8,12H,2,4,6,17H2,1H3/t12-/m0/s1. The van der Waals surface area contributed by atoms with Gasteiger partial charge in [0.05, 0.1) is 0 Å². The number of ether oxygens (including phenoxy) is 1. The van der Waals surface area contributed by atoms with E-state index in [-0.39, 0.29) is 11.9 Å². The third-order valence-corrected chi connectivity index (χ3v) is 3.49. The first-order valence-electron chi connectivity index (χ1n) is 6.71. The molecule has 3 rings (SSSR count). The average molecular weight is 273 g/mol. The van der Waals surface area contributed by atoms with Crippen LogP contribution in [-0.2, 0) is 12.8 Å². The van der Waals surface area contributed by atoms with Crippen molar-refractivity contribution in [3.8, 4) is 17.1 Å². The van der Waals surface area contributed by atoms with Gasteiger partial charge >= 0.3 is 0 Å². The number of nitrogens with two attached hydrogens (primary N) is 1. The summed E-state index contributed by atoms with van der Waals surface area (Å²) < 4.78 is 19.5. The molecule has 0 saturated heterocycles. The maximum atomic E-state index is 14.1. The Kier molecular flexibility index (Phi) is 3.36. The molecule has 0 unspecified atom stereocenters. The van der Waals surface area contributed by atoms with Gasteiger partial charge in [0.2, 0.25) is 0 Å². The molecule has 1 atom stereocenters. The van der Waals surface area contributed by atoms with Crippen LogP contribution in [0.1, 0.15) is 18.1 Å². The topological polar surface area (TPSA) is 61.0 Å². The number of aryl methyl sites for hydroxylation is 1. The van der Waals surface area contributed by atoms with E-state index in [1.54, 1.807) is 12.4 Å². The van der Waals surface area contributed by atoms with Gasteiger partial charge in [0, 0.05) is 36.5 Å². The van der Waals surface area contributed by atoms with Crippen LogP contribution in [-0.4, -0.2) is 22.6 Å². The minimum absolute atomic E-state index is 0.141. The van der Waals surface area contributed by atoms with E-state index < -0.39 is 0 Å². The number of fused-ring (bicyclic) bond motifs is 1. The van der Waals surface area contributed by atoms with Gasteiger partial charge in [-0.05, 0) is 24.1 Å². The third-order valence-electron chi connectivity index (χ3n) is 3.49. The van der Waals surface area contributed by atoms with Gasteiger partial charge in [0.25, 0.3) is 0 Å². The van der Waals surface area contributed by atoms with Gasteiger partial charge in [-0.3, -0.25) is 0 Å². The smallest absolute Gasteiger partial charge is 0.166 e. The second-order valence-corrected chi connectivity index (χ2v) is 4.89. The van der Waals surface area contributed by atoms with E-state index in [0.29, 0.717) is 30.1 Å². The van der Waals surface area contributed by atoms with Crippen LogP contribution in [0.3, 0.4) is 0 Å². The van der Waals surface area contributed by atoms with Crippen molar-refractivity contribution in [1.29, 1.82) is 0 Å². The molecule has 4 nitrogen and oxygen atoms in total. The molecule has 0 aliphatic carbocycles. The monoisotopic (exact) mass is 273 g/mol. The number of hydrogen-bond donors (Lipinski definition) is 1. The molecule has 1 aliphatic heterocycles. The highest BCUT2D eigenvalue weighted by Gasteiger charge is 2.26. The summed E-state index contributed by atoms with van der Waals surface area (Å²) in [7, 11) is 0. The second-order valence-electron chi connectivity index (χ2n) is 4.89. The predicted molar refractivity (Wildman–Crippen MR) is 74.0 cm³/mol. The highest BCUT2D eigenvalue weighted by molar-refractivity contribution is 5.60. The van der Waals surface area contributed by atoms with Crippen molar-refractivity contribution in [2.75, 3.05) is 6.54 Å². The molecule has 1 aromatic carbocycles. The predicted octanol–water partition coefficient (Wildman–Crippen LogP) is 2.11. The van der Waals surface area contributed by atoms with Gasteiger partial charge in [-0.15, -0.1) is 0 Å². The van der Waals surface area contributed by atoms with E-state index in [2.05, 4.69) is 9.97 Å². The Morgan fingerprint density at radius 1 is 1.35 bits per heavy atom. The van der Waals surface area contributed by atoms with Gasteiger partial charge in [-0.1, -0.05) is 6.92 Å². The van der Waals surface area contributed by atoms with Crippen LogP contribution in [0, 0.1) is 5.82 Å². The highest BCUT2D eigenvalue weighted by Crippen LogP contribution is 2.34. The summed E-state index contributed by atoms with van der Waals surface area (Å²) in [6.45, 7) is 2.42. The van der Waals surface area contributed by atoms with Crippen LogP contribution in [0.2, 0.25) is 0 Å². The summed E-state index contributed by atoms with van der Waals surface area (Å²) in [5.41, 5.74) is 8.13. The van der Waals surface area contributed by atoms with Gasteiger partial charge in [0.1, 0.15) is 6.10 Å². The maximum Gasteiger partial charge on any atom is 0.166 e. The Morgan fingerprint density at radius 2 is 2.10 bits per heavy atom. The molecule has 1 aliphatic rings. The molecule has 20 heavy (non-hydrogen) atoms. The number of hydrogen-bond acceptors (Lipinski definition) is 4. The van der Waals surface area contributed by atoms with Gasteiger partial charge in [-0.25, -0.2) is 14.4 Å². The molecule has 0 bridgehead atoms. The Bertz CT molecular complexity index is 628. The largest absolute Gasteiger partial charge is 0.485 e. The molecule has 0 fully saturated rings.